The Morgan fingerprint density at radius 1 is 0.345 bits per heavy atom. The minimum atomic E-state index is -1.07. The van der Waals surface area contributed by atoms with Crippen molar-refractivity contribution in [1.29, 1.82) is 0 Å². The summed E-state index contributed by atoms with van der Waals surface area (Å²) in [4.78, 5) is 12.5. The Balaban J connectivity index is 3.48. The lowest BCUT2D eigenvalue weighted by Crippen LogP contribution is -2.49. The summed E-state index contributed by atoms with van der Waals surface area (Å²) >= 11 is 0. The molecule has 0 aromatic carbocycles. The molecule has 0 aliphatic heterocycles. The Labute approximate surface area is 364 Å². The second kappa shape index (κ2) is 49.0. The molecule has 348 valence electrons. The molecule has 3 atom stereocenters. The van der Waals surface area contributed by atoms with Gasteiger partial charge >= 0.3 is 0 Å². The second-order valence-electron chi connectivity index (χ2n) is 18.8. The van der Waals surface area contributed by atoms with Gasteiger partial charge in [-0.3, -0.25) is 4.79 Å². The third-order valence-corrected chi connectivity index (χ3v) is 13.0. The smallest absolute Gasteiger partial charge is 0.249 e. The lowest BCUT2D eigenvalue weighted by atomic mass is 10.0. The minimum absolute atomic E-state index is 0.307. The summed E-state index contributed by atoms with van der Waals surface area (Å²) in [5, 5.41) is 33.5. The molecule has 0 heterocycles. The summed E-state index contributed by atoms with van der Waals surface area (Å²) in [6.45, 7) is 4.27. The van der Waals surface area contributed by atoms with E-state index in [1.165, 1.54) is 250 Å². The number of carbonyl (C=O) groups excluding carboxylic acids is 1. The van der Waals surface area contributed by atoms with Crippen LogP contribution in [-0.4, -0.2) is 46.1 Å². The van der Waals surface area contributed by atoms with Crippen LogP contribution in [0, 0.1) is 0 Å². The molecular weight excluding hydrogens is 715 g/mol. The Bertz CT molecular complexity index is 777. The van der Waals surface area contributed by atoms with E-state index in [4.69, 9.17) is 0 Å². The predicted octanol–water partition coefficient (Wildman–Crippen LogP) is 16.2. The quantitative estimate of drug-likeness (QED) is 0.0460. The van der Waals surface area contributed by atoms with Crippen LogP contribution in [0.1, 0.15) is 309 Å². The van der Waals surface area contributed by atoms with Crippen molar-refractivity contribution in [2.24, 2.45) is 0 Å². The SMILES string of the molecule is CCCCCCCCCCCCCCCCCCCCCCCCCCCCCCC(O)C(=O)NC(CO)C(O)CCCCCCCCCCCCCCCCCC. The third kappa shape index (κ3) is 43.4. The Hall–Kier alpha value is -0.650. The van der Waals surface area contributed by atoms with Gasteiger partial charge in [-0.05, 0) is 12.8 Å². The van der Waals surface area contributed by atoms with Gasteiger partial charge in [-0.2, -0.15) is 0 Å². The topological polar surface area (TPSA) is 89.8 Å². The Morgan fingerprint density at radius 2 is 0.552 bits per heavy atom. The predicted molar refractivity (Wildman–Crippen MR) is 255 cm³/mol. The molecule has 1 amide bonds. The van der Waals surface area contributed by atoms with E-state index in [0.29, 0.717) is 12.8 Å². The Kier molecular flexibility index (Phi) is 48.5. The van der Waals surface area contributed by atoms with Crippen LogP contribution in [0.3, 0.4) is 0 Å². The lowest BCUT2D eigenvalue weighted by molar-refractivity contribution is -0.131. The molecule has 0 aromatic rings. The molecule has 0 saturated heterocycles. The third-order valence-electron chi connectivity index (χ3n) is 13.0. The summed E-state index contributed by atoms with van der Waals surface area (Å²) in [6, 6.07) is -0.706. The van der Waals surface area contributed by atoms with Gasteiger partial charge in [0.05, 0.1) is 18.8 Å². The van der Waals surface area contributed by atoms with Gasteiger partial charge in [-0.15, -0.1) is 0 Å². The van der Waals surface area contributed by atoms with Crippen LogP contribution in [-0.2, 0) is 4.79 Å². The first-order valence-corrected chi connectivity index (χ1v) is 26.8. The molecule has 0 saturated carbocycles. The molecule has 3 unspecified atom stereocenters. The van der Waals surface area contributed by atoms with Crippen molar-refractivity contribution >= 4 is 5.91 Å². The van der Waals surface area contributed by atoms with E-state index < -0.39 is 24.2 Å². The fourth-order valence-corrected chi connectivity index (χ4v) is 8.78. The normalized spacial score (nSPS) is 13.3. The van der Waals surface area contributed by atoms with Gasteiger partial charge in [0.2, 0.25) is 5.91 Å². The average molecular weight is 822 g/mol. The first kappa shape index (κ1) is 57.3. The highest BCUT2D eigenvalue weighted by molar-refractivity contribution is 5.80. The summed E-state index contributed by atoms with van der Waals surface area (Å²) in [5.74, 6) is -0.463. The number of rotatable bonds is 50. The van der Waals surface area contributed by atoms with E-state index in [1.807, 2.05) is 0 Å². The summed E-state index contributed by atoms with van der Waals surface area (Å²) < 4.78 is 0. The highest BCUT2D eigenvalue weighted by Gasteiger charge is 2.23. The number of hydrogen-bond donors (Lipinski definition) is 4. The fourth-order valence-electron chi connectivity index (χ4n) is 8.78. The largest absolute Gasteiger partial charge is 0.394 e. The van der Waals surface area contributed by atoms with E-state index in [2.05, 4.69) is 19.2 Å². The maximum atomic E-state index is 12.5. The van der Waals surface area contributed by atoms with Crippen molar-refractivity contribution in [3.63, 3.8) is 0 Å². The van der Waals surface area contributed by atoms with E-state index in [0.717, 1.165) is 32.1 Å². The lowest BCUT2D eigenvalue weighted by Gasteiger charge is -2.23. The number of aliphatic hydroxyl groups is 3. The van der Waals surface area contributed by atoms with Crippen molar-refractivity contribution in [1.82, 2.24) is 5.32 Å². The standard InChI is InChI=1S/C53H107NO4/c1-3-5-7-9-11-13-15-17-19-21-22-23-24-25-26-27-28-29-30-31-32-34-36-38-40-42-44-46-48-52(57)53(58)54-50(49-55)51(56)47-45-43-41-39-37-35-33-20-18-16-14-12-10-8-6-4-2/h50-52,55-57H,3-49H2,1-2H3,(H,54,58). The van der Waals surface area contributed by atoms with E-state index in [9.17, 15) is 20.1 Å². The summed E-state index contributed by atoms with van der Waals surface area (Å²) in [7, 11) is 0. The highest BCUT2D eigenvalue weighted by Crippen LogP contribution is 2.18. The van der Waals surface area contributed by atoms with E-state index in [-0.39, 0.29) is 6.61 Å². The highest BCUT2D eigenvalue weighted by atomic mass is 16.3. The fraction of sp³-hybridized carbons (Fsp3) is 0.981. The van der Waals surface area contributed by atoms with E-state index >= 15 is 0 Å². The van der Waals surface area contributed by atoms with Crippen molar-refractivity contribution in [3.8, 4) is 0 Å². The monoisotopic (exact) mass is 822 g/mol. The maximum absolute atomic E-state index is 12.5. The first-order chi connectivity index (χ1) is 28.6. The van der Waals surface area contributed by atoms with Crippen LogP contribution in [0.25, 0.3) is 0 Å². The van der Waals surface area contributed by atoms with Gasteiger partial charge in [-0.1, -0.05) is 296 Å². The van der Waals surface area contributed by atoms with E-state index in [1.54, 1.807) is 0 Å². The van der Waals surface area contributed by atoms with Crippen LogP contribution in [0.4, 0.5) is 0 Å². The zero-order valence-corrected chi connectivity index (χ0v) is 39.7. The number of amides is 1. The molecule has 0 bridgehead atoms. The number of aliphatic hydroxyl groups excluding tert-OH is 3. The van der Waals surface area contributed by atoms with Gasteiger partial charge in [0, 0.05) is 0 Å². The van der Waals surface area contributed by atoms with Crippen molar-refractivity contribution in [2.45, 2.75) is 327 Å². The molecule has 58 heavy (non-hydrogen) atoms. The number of hydrogen-bond acceptors (Lipinski definition) is 4. The van der Waals surface area contributed by atoms with Crippen LogP contribution < -0.4 is 5.32 Å². The van der Waals surface area contributed by atoms with Crippen LogP contribution >= 0.6 is 0 Å². The van der Waals surface area contributed by atoms with Gasteiger partial charge in [-0.25, -0.2) is 0 Å². The molecule has 0 aromatic heterocycles. The minimum Gasteiger partial charge on any atom is -0.394 e. The van der Waals surface area contributed by atoms with Crippen LogP contribution in [0.5, 0.6) is 0 Å². The first-order valence-electron chi connectivity index (χ1n) is 26.8. The van der Waals surface area contributed by atoms with Crippen LogP contribution in [0.15, 0.2) is 0 Å². The number of nitrogens with one attached hydrogen (secondary N) is 1. The van der Waals surface area contributed by atoms with Crippen LogP contribution in [0.2, 0.25) is 0 Å². The van der Waals surface area contributed by atoms with Gasteiger partial charge < -0.3 is 20.6 Å². The molecule has 5 heteroatoms. The molecule has 0 fully saturated rings. The Morgan fingerprint density at radius 3 is 0.776 bits per heavy atom. The van der Waals surface area contributed by atoms with Crippen molar-refractivity contribution in [3.05, 3.63) is 0 Å². The average Bonchev–Trinajstić information content (AvgIpc) is 3.23. The maximum Gasteiger partial charge on any atom is 0.249 e. The molecule has 0 aliphatic rings. The summed E-state index contributed by atoms with van der Waals surface area (Å²) in [5.41, 5.74) is 0. The molecule has 0 rings (SSSR count). The molecule has 0 aliphatic carbocycles. The number of carbonyl (C=O) groups is 1. The summed E-state index contributed by atoms with van der Waals surface area (Å²) in [6.07, 6.45) is 58.6. The van der Waals surface area contributed by atoms with Crippen molar-refractivity contribution < 1.29 is 20.1 Å². The van der Waals surface area contributed by atoms with Gasteiger partial charge in [0.15, 0.2) is 0 Å². The van der Waals surface area contributed by atoms with Crippen molar-refractivity contribution in [2.75, 3.05) is 6.61 Å². The second-order valence-corrected chi connectivity index (χ2v) is 18.8. The van der Waals surface area contributed by atoms with Gasteiger partial charge in [0.1, 0.15) is 6.10 Å². The molecular formula is C53H107NO4. The molecule has 0 radical (unpaired) electrons. The molecule has 0 spiro atoms. The zero-order chi connectivity index (χ0) is 42.3. The molecule has 4 N–H and O–H groups in total. The zero-order valence-electron chi connectivity index (χ0n) is 39.7. The van der Waals surface area contributed by atoms with Gasteiger partial charge in [0.25, 0.3) is 0 Å². The number of unbranched alkanes of at least 4 members (excludes halogenated alkanes) is 42. The molecule has 5 nitrogen and oxygen atoms in total.